The zero-order chi connectivity index (χ0) is 16.1. The zero-order valence-electron chi connectivity index (χ0n) is 12.9. The number of methoxy groups -OCH3 is 1. The lowest BCUT2D eigenvalue weighted by molar-refractivity contribution is 0.0276. The van der Waals surface area contributed by atoms with E-state index in [4.69, 9.17) is 16.3 Å². The highest BCUT2D eigenvalue weighted by Gasteiger charge is 2.23. The number of hydrogen-bond acceptors (Lipinski definition) is 4. The van der Waals surface area contributed by atoms with Crippen LogP contribution in [0.25, 0.3) is 0 Å². The summed E-state index contributed by atoms with van der Waals surface area (Å²) in [6.45, 7) is 7.17. The maximum absolute atomic E-state index is 12.4. The van der Waals surface area contributed by atoms with Crippen LogP contribution < -0.4 is 10.0 Å². The fourth-order valence-corrected chi connectivity index (χ4v) is 3.30. The van der Waals surface area contributed by atoms with Gasteiger partial charge in [-0.05, 0) is 38.1 Å². The number of benzene rings is 1. The molecule has 0 aliphatic heterocycles. The molecule has 0 spiro atoms. The van der Waals surface area contributed by atoms with Gasteiger partial charge in [0.25, 0.3) is 0 Å². The van der Waals surface area contributed by atoms with E-state index >= 15 is 0 Å². The van der Waals surface area contributed by atoms with E-state index in [2.05, 4.69) is 10.0 Å². The summed E-state index contributed by atoms with van der Waals surface area (Å²) in [4.78, 5) is 0.0893. The summed E-state index contributed by atoms with van der Waals surface area (Å²) < 4.78 is 32.5. The molecule has 0 saturated carbocycles. The van der Waals surface area contributed by atoms with E-state index in [0.717, 1.165) is 12.1 Å². The molecule has 120 valence electrons. The van der Waals surface area contributed by atoms with Crippen molar-refractivity contribution in [3.05, 3.63) is 28.8 Å². The highest BCUT2D eigenvalue weighted by molar-refractivity contribution is 7.89. The molecule has 5 nitrogen and oxygen atoms in total. The Kier molecular flexibility index (Phi) is 6.62. The van der Waals surface area contributed by atoms with Gasteiger partial charge in [-0.15, -0.1) is 0 Å². The van der Waals surface area contributed by atoms with E-state index in [1.807, 2.05) is 13.0 Å². The van der Waals surface area contributed by atoms with Gasteiger partial charge in [0, 0.05) is 20.2 Å². The monoisotopic (exact) mass is 334 g/mol. The summed E-state index contributed by atoms with van der Waals surface area (Å²) in [6.07, 6.45) is 0. The molecule has 0 bridgehead atoms. The molecule has 0 heterocycles. The Morgan fingerprint density at radius 3 is 2.57 bits per heavy atom. The lowest BCUT2D eigenvalue weighted by Crippen LogP contribution is -2.39. The maximum Gasteiger partial charge on any atom is 0.242 e. The van der Waals surface area contributed by atoms with Crippen LogP contribution in [-0.4, -0.2) is 34.2 Å². The van der Waals surface area contributed by atoms with Crippen molar-refractivity contribution in [2.75, 3.05) is 20.2 Å². The van der Waals surface area contributed by atoms with Crippen molar-refractivity contribution in [2.45, 2.75) is 37.8 Å². The summed E-state index contributed by atoms with van der Waals surface area (Å²) in [5, 5.41) is 3.36. The van der Waals surface area contributed by atoms with Gasteiger partial charge in [0.2, 0.25) is 10.0 Å². The molecule has 0 fully saturated rings. The lowest BCUT2D eigenvalue weighted by atomic mass is 10.1. The standard InChI is InChI=1S/C14H23ClN2O3S/c1-5-16-9-11-6-7-12(15)13(8-11)21(18,19)17-10-14(2,3)20-4/h6-8,16-17H,5,9-10H2,1-4H3. The minimum absolute atomic E-state index is 0.0893. The second kappa shape index (κ2) is 7.56. The van der Waals surface area contributed by atoms with Crippen molar-refractivity contribution in [3.63, 3.8) is 0 Å². The fraction of sp³-hybridized carbons (Fsp3) is 0.571. The third-order valence-electron chi connectivity index (χ3n) is 3.10. The second-order valence-corrected chi connectivity index (χ2v) is 7.48. The van der Waals surface area contributed by atoms with Crippen molar-refractivity contribution in [3.8, 4) is 0 Å². The normalized spacial score (nSPS) is 12.6. The van der Waals surface area contributed by atoms with Crippen LogP contribution in [0.15, 0.2) is 23.1 Å². The predicted molar refractivity (Wildman–Crippen MR) is 85.1 cm³/mol. The van der Waals surface area contributed by atoms with Gasteiger partial charge in [-0.25, -0.2) is 13.1 Å². The lowest BCUT2D eigenvalue weighted by Gasteiger charge is -2.23. The van der Waals surface area contributed by atoms with Crippen LogP contribution in [0.5, 0.6) is 0 Å². The van der Waals surface area contributed by atoms with Gasteiger partial charge in [0.1, 0.15) is 4.90 Å². The first kappa shape index (κ1) is 18.4. The number of ether oxygens (including phenoxy) is 1. The molecule has 21 heavy (non-hydrogen) atoms. The van der Waals surface area contributed by atoms with Gasteiger partial charge in [-0.2, -0.15) is 0 Å². The Bertz CT molecular complexity index is 574. The molecule has 0 amide bonds. The number of rotatable bonds is 8. The summed E-state index contributed by atoms with van der Waals surface area (Å²) in [5.74, 6) is 0. The third kappa shape index (κ3) is 5.56. The highest BCUT2D eigenvalue weighted by Crippen LogP contribution is 2.23. The zero-order valence-corrected chi connectivity index (χ0v) is 14.4. The van der Waals surface area contributed by atoms with Crippen LogP contribution in [0.1, 0.15) is 26.3 Å². The van der Waals surface area contributed by atoms with Crippen molar-refractivity contribution < 1.29 is 13.2 Å². The van der Waals surface area contributed by atoms with Crippen molar-refractivity contribution in [2.24, 2.45) is 0 Å². The van der Waals surface area contributed by atoms with E-state index in [-0.39, 0.29) is 16.5 Å². The molecule has 1 aromatic carbocycles. The molecule has 0 saturated heterocycles. The Morgan fingerprint density at radius 1 is 1.33 bits per heavy atom. The van der Waals surface area contributed by atoms with Gasteiger partial charge in [0.15, 0.2) is 0 Å². The highest BCUT2D eigenvalue weighted by atomic mass is 35.5. The van der Waals surface area contributed by atoms with Crippen molar-refractivity contribution >= 4 is 21.6 Å². The quantitative estimate of drug-likeness (QED) is 0.764. The van der Waals surface area contributed by atoms with Crippen LogP contribution in [0, 0.1) is 0 Å². The Balaban J connectivity index is 2.96. The smallest absolute Gasteiger partial charge is 0.242 e. The molecule has 0 radical (unpaired) electrons. The van der Waals surface area contributed by atoms with Gasteiger partial charge in [-0.1, -0.05) is 24.6 Å². The van der Waals surface area contributed by atoms with E-state index in [1.165, 1.54) is 7.11 Å². The van der Waals surface area contributed by atoms with Crippen LogP contribution in [0.2, 0.25) is 5.02 Å². The summed E-state index contributed by atoms with van der Waals surface area (Å²) >= 11 is 6.03. The number of nitrogens with one attached hydrogen (secondary N) is 2. The third-order valence-corrected chi connectivity index (χ3v) is 4.99. The molecular formula is C14H23ClN2O3S. The average molecular weight is 335 g/mol. The second-order valence-electron chi connectivity index (χ2n) is 5.33. The number of halogens is 1. The first-order valence-corrected chi connectivity index (χ1v) is 8.62. The summed E-state index contributed by atoms with van der Waals surface area (Å²) in [5.41, 5.74) is 0.286. The molecule has 0 atom stereocenters. The van der Waals surface area contributed by atoms with Crippen LogP contribution >= 0.6 is 11.6 Å². The molecule has 1 rings (SSSR count). The van der Waals surface area contributed by atoms with Gasteiger partial charge in [-0.3, -0.25) is 0 Å². The number of hydrogen-bond donors (Lipinski definition) is 2. The largest absolute Gasteiger partial charge is 0.377 e. The van der Waals surface area contributed by atoms with E-state index < -0.39 is 15.6 Å². The molecule has 7 heteroatoms. The molecule has 0 aliphatic carbocycles. The molecule has 0 aromatic heterocycles. The van der Waals surface area contributed by atoms with Crippen LogP contribution in [-0.2, 0) is 21.3 Å². The summed E-state index contributed by atoms with van der Waals surface area (Å²) in [6, 6.07) is 5.00. The van der Waals surface area contributed by atoms with Crippen molar-refractivity contribution in [1.29, 1.82) is 0 Å². The van der Waals surface area contributed by atoms with Crippen LogP contribution in [0.4, 0.5) is 0 Å². The molecule has 1 aromatic rings. The minimum Gasteiger partial charge on any atom is -0.377 e. The van der Waals surface area contributed by atoms with Gasteiger partial charge in [0.05, 0.1) is 10.6 Å². The number of sulfonamides is 1. The molecule has 0 unspecified atom stereocenters. The molecule has 2 N–H and O–H groups in total. The van der Waals surface area contributed by atoms with Crippen LogP contribution in [0.3, 0.4) is 0 Å². The maximum atomic E-state index is 12.4. The minimum atomic E-state index is -3.67. The first-order chi connectivity index (χ1) is 9.72. The Morgan fingerprint density at radius 2 is 2.00 bits per heavy atom. The Hall–Kier alpha value is -0.660. The summed E-state index contributed by atoms with van der Waals surface area (Å²) in [7, 11) is -2.13. The Labute approximate surface area is 132 Å². The SMILES string of the molecule is CCNCc1ccc(Cl)c(S(=O)(=O)NCC(C)(C)OC)c1. The van der Waals surface area contributed by atoms with Gasteiger partial charge < -0.3 is 10.1 Å². The topological polar surface area (TPSA) is 67.4 Å². The molecular weight excluding hydrogens is 312 g/mol. The average Bonchev–Trinajstić information content (AvgIpc) is 2.44. The van der Waals surface area contributed by atoms with E-state index in [9.17, 15) is 8.42 Å². The predicted octanol–water partition coefficient (Wildman–Crippen LogP) is 2.15. The van der Waals surface area contributed by atoms with Gasteiger partial charge >= 0.3 is 0 Å². The van der Waals surface area contributed by atoms with Crippen molar-refractivity contribution in [1.82, 2.24) is 10.0 Å². The van der Waals surface area contributed by atoms with E-state index in [0.29, 0.717) is 6.54 Å². The van der Waals surface area contributed by atoms with E-state index in [1.54, 1.807) is 26.0 Å². The fourth-order valence-electron chi connectivity index (χ4n) is 1.55. The first-order valence-electron chi connectivity index (χ1n) is 6.76. The molecule has 0 aliphatic rings.